The lowest BCUT2D eigenvalue weighted by molar-refractivity contribution is -0.137. The summed E-state index contributed by atoms with van der Waals surface area (Å²) >= 11 is 4.72. The van der Waals surface area contributed by atoms with Crippen LogP contribution in [0, 0.1) is 0 Å². The van der Waals surface area contributed by atoms with Gasteiger partial charge in [0.1, 0.15) is 0 Å². The van der Waals surface area contributed by atoms with Crippen molar-refractivity contribution in [3.8, 4) is 0 Å². The molecule has 0 aliphatic rings. The summed E-state index contributed by atoms with van der Waals surface area (Å²) in [6.07, 6.45) is 0.501. The van der Waals surface area contributed by atoms with Crippen LogP contribution in [-0.4, -0.2) is 23.0 Å². The molecule has 2 N–H and O–H groups in total. The summed E-state index contributed by atoms with van der Waals surface area (Å²) in [4.78, 5) is 22.0. The average molecular weight is 306 g/mol. The van der Waals surface area contributed by atoms with Crippen molar-refractivity contribution in [3.63, 3.8) is 0 Å². The lowest BCUT2D eigenvalue weighted by Gasteiger charge is -2.11. The highest BCUT2D eigenvalue weighted by Crippen LogP contribution is 2.20. The molecule has 0 aliphatic heterocycles. The Labute approximate surface area is 106 Å². The number of carbonyl (C=O) groups excluding carboxylic acids is 1. The fourth-order valence-electron chi connectivity index (χ4n) is 1.15. The Bertz CT molecular complexity index is 391. The number of halogens is 1. The van der Waals surface area contributed by atoms with E-state index in [-0.39, 0.29) is 18.4 Å². The monoisotopic (exact) mass is 305 g/mol. The lowest BCUT2D eigenvalue weighted by Crippen LogP contribution is -2.32. The number of thiophene rings is 1. The molecule has 1 amide bonds. The molecular weight excluding hydrogens is 294 g/mol. The Morgan fingerprint density at radius 2 is 2.31 bits per heavy atom. The molecule has 0 radical (unpaired) electrons. The highest BCUT2D eigenvalue weighted by atomic mass is 79.9. The number of carboxylic acids is 1. The van der Waals surface area contributed by atoms with Gasteiger partial charge in [0.15, 0.2) is 0 Å². The van der Waals surface area contributed by atoms with Crippen LogP contribution in [0.2, 0.25) is 0 Å². The maximum Gasteiger partial charge on any atom is 0.303 e. The van der Waals surface area contributed by atoms with E-state index >= 15 is 0 Å². The fourth-order valence-corrected chi connectivity index (χ4v) is 2.29. The first-order chi connectivity index (χ1) is 7.49. The number of aliphatic carboxylic acids is 1. The Balaban J connectivity index is 2.42. The van der Waals surface area contributed by atoms with Gasteiger partial charge in [-0.05, 0) is 35.3 Å². The van der Waals surface area contributed by atoms with E-state index in [2.05, 4.69) is 21.2 Å². The Morgan fingerprint density at radius 1 is 1.62 bits per heavy atom. The van der Waals surface area contributed by atoms with Crippen LogP contribution in [0.5, 0.6) is 0 Å². The predicted molar refractivity (Wildman–Crippen MR) is 65.8 cm³/mol. The molecule has 0 aromatic carbocycles. The molecule has 6 heteroatoms. The van der Waals surface area contributed by atoms with Crippen molar-refractivity contribution >= 4 is 39.1 Å². The molecule has 1 aromatic rings. The topological polar surface area (TPSA) is 66.4 Å². The SMILES string of the molecule is CC(CCC(=O)O)NC(=O)c1csc(Br)c1. The van der Waals surface area contributed by atoms with Crippen LogP contribution in [-0.2, 0) is 4.79 Å². The highest BCUT2D eigenvalue weighted by Gasteiger charge is 2.12. The van der Waals surface area contributed by atoms with Gasteiger partial charge in [-0.15, -0.1) is 11.3 Å². The van der Waals surface area contributed by atoms with Gasteiger partial charge in [0.2, 0.25) is 0 Å². The number of carbonyl (C=O) groups is 2. The molecule has 1 rings (SSSR count). The van der Waals surface area contributed by atoms with Crippen molar-refractivity contribution < 1.29 is 14.7 Å². The summed E-state index contributed by atoms with van der Waals surface area (Å²) in [5, 5.41) is 13.0. The van der Waals surface area contributed by atoms with Gasteiger partial charge >= 0.3 is 5.97 Å². The highest BCUT2D eigenvalue weighted by molar-refractivity contribution is 9.11. The molecule has 16 heavy (non-hydrogen) atoms. The fraction of sp³-hybridized carbons (Fsp3) is 0.400. The second-order valence-corrected chi connectivity index (χ2v) is 5.74. The van der Waals surface area contributed by atoms with E-state index < -0.39 is 5.97 Å². The van der Waals surface area contributed by atoms with E-state index in [4.69, 9.17) is 5.11 Å². The summed E-state index contributed by atoms with van der Waals surface area (Å²) in [6.45, 7) is 1.79. The third kappa shape index (κ3) is 4.32. The third-order valence-electron chi connectivity index (χ3n) is 2.00. The van der Waals surface area contributed by atoms with Gasteiger partial charge in [-0.25, -0.2) is 0 Å². The van der Waals surface area contributed by atoms with Gasteiger partial charge in [0.05, 0.1) is 9.35 Å². The van der Waals surface area contributed by atoms with Crippen LogP contribution in [0.4, 0.5) is 0 Å². The second-order valence-electron chi connectivity index (χ2n) is 3.45. The van der Waals surface area contributed by atoms with Crippen molar-refractivity contribution in [2.24, 2.45) is 0 Å². The van der Waals surface area contributed by atoms with E-state index in [0.29, 0.717) is 12.0 Å². The van der Waals surface area contributed by atoms with Gasteiger partial charge in [-0.1, -0.05) is 0 Å². The quantitative estimate of drug-likeness (QED) is 0.878. The van der Waals surface area contributed by atoms with Crippen LogP contribution < -0.4 is 5.32 Å². The molecular formula is C10H12BrNO3S. The van der Waals surface area contributed by atoms with E-state index in [1.165, 1.54) is 11.3 Å². The number of rotatable bonds is 5. The largest absolute Gasteiger partial charge is 0.481 e. The van der Waals surface area contributed by atoms with Crippen molar-refractivity contribution in [1.82, 2.24) is 5.32 Å². The van der Waals surface area contributed by atoms with Crippen molar-refractivity contribution in [3.05, 3.63) is 20.8 Å². The molecule has 0 fully saturated rings. The Morgan fingerprint density at radius 3 is 2.81 bits per heavy atom. The molecule has 4 nitrogen and oxygen atoms in total. The standard InChI is InChI=1S/C10H12BrNO3S/c1-6(2-3-9(13)14)12-10(15)7-4-8(11)16-5-7/h4-6H,2-3H2,1H3,(H,12,15)(H,13,14). The molecule has 1 aromatic heterocycles. The molecule has 1 heterocycles. The summed E-state index contributed by atoms with van der Waals surface area (Å²) in [5.74, 6) is -1.01. The number of hydrogen-bond donors (Lipinski definition) is 2. The van der Waals surface area contributed by atoms with Crippen LogP contribution in [0.3, 0.4) is 0 Å². The maximum absolute atomic E-state index is 11.6. The molecule has 1 atom stereocenters. The molecule has 0 aliphatic carbocycles. The van der Waals surface area contributed by atoms with E-state index in [1.807, 2.05) is 0 Å². The first-order valence-corrected chi connectivity index (χ1v) is 6.43. The number of amides is 1. The molecule has 0 saturated carbocycles. The minimum Gasteiger partial charge on any atom is -0.481 e. The van der Waals surface area contributed by atoms with Gasteiger partial charge in [-0.3, -0.25) is 9.59 Å². The summed E-state index contributed by atoms with van der Waals surface area (Å²) in [7, 11) is 0. The normalized spacial score (nSPS) is 12.1. The first-order valence-electron chi connectivity index (χ1n) is 4.75. The zero-order chi connectivity index (χ0) is 12.1. The number of hydrogen-bond acceptors (Lipinski definition) is 3. The summed E-state index contributed by atoms with van der Waals surface area (Å²) in [6, 6.07) is 1.60. The van der Waals surface area contributed by atoms with Crippen molar-refractivity contribution in [1.29, 1.82) is 0 Å². The lowest BCUT2D eigenvalue weighted by atomic mass is 10.2. The second kappa shape index (κ2) is 6.00. The van der Waals surface area contributed by atoms with Crippen molar-refractivity contribution in [2.45, 2.75) is 25.8 Å². The Kier molecular flexibility index (Phi) is 4.95. The van der Waals surface area contributed by atoms with E-state index in [0.717, 1.165) is 3.79 Å². The minimum absolute atomic E-state index is 0.0643. The zero-order valence-corrected chi connectivity index (χ0v) is 11.1. The number of carboxylic acid groups (broad SMARTS) is 1. The molecule has 88 valence electrons. The average Bonchev–Trinajstić information content (AvgIpc) is 2.62. The molecule has 0 spiro atoms. The van der Waals surface area contributed by atoms with E-state index in [1.54, 1.807) is 18.4 Å². The van der Waals surface area contributed by atoms with Crippen LogP contribution in [0.1, 0.15) is 30.1 Å². The third-order valence-corrected chi connectivity index (χ3v) is 3.50. The van der Waals surface area contributed by atoms with Crippen molar-refractivity contribution in [2.75, 3.05) is 0 Å². The van der Waals surface area contributed by atoms with Gasteiger partial charge in [0, 0.05) is 17.8 Å². The molecule has 0 saturated heterocycles. The van der Waals surface area contributed by atoms with Crippen LogP contribution in [0.15, 0.2) is 15.2 Å². The first kappa shape index (κ1) is 13.2. The van der Waals surface area contributed by atoms with Gasteiger partial charge in [-0.2, -0.15) is 0 Å². The predicted octanol–water partition coefficient (Wildman–Crippen LogP) is 2.49. The molecule has 1 unspecified atom stereocenters. The van der Waals surface area contributed by atoms with Crippen LogP contribution >= 0.6 is 27.3 Å². The van der Waals surface area contributed by atoms with Gasteiger partial charge in [0.25, 0.3) is 5.91 Å². The van der Waals surface area contributed by atoms with Crippen LogP contribution in [0.25, 0.3) is 0 Å². The minimum atomic E-state index is -0.848. The van der Waals surface area contributed by atoms with E-state index in [9.17, 15) is 9.59 Å². The Hall–Kier alpha value is -0.880. The molecule has 0 bridgehead atoms. The summed E-state index contributed by atoms with van der Waals surface area (Å²) in [5.41, 5.74) is 0.596. The smallest absolute Gasteiger partial charge is 0.303 e. The summed E-state index contributed by atoms with van der Waals surface area (Å²) < 4.78 is 0.899. The number of nitrogens with one attached hydrogen (secondary N) is 1. The van der Waals surface area contributed by atoms with Gasteiger partial charge < -0.3 is 10.4 Å². The maximum atomic E-state index is 11.6. The zero-order valence-electron chi connectivity index (χ0n) is 8.70.